The Morgan fingerprint density at radius 3 is 2.74 bits per heavy atom. The SMILES string of the molecule is CC(C)C[C@@H]1NCCCCCCc2ccc3c(c2)[C@@]2(C[C@@H](C(N)=O)N(C2)C1=O)C(=O)N3. The number of amides is 3. The maximum absolute atomic E-state index is 13.6. The Kier molecular flexibility index (Phi) is 6.06. The number of nitrogens with two attached hydrogens (primary N) is 1. The molecular formula is C24H34N4O3. The number of carbonyl (C=O) groups is 3. The molecule has 1 aromatic rings. The van der Waals surface area contributed by atoms with Gasteiger partial charge in [-0.1, -0.05) is 38.8 Å². The van der Waals surface area contributed by atoms with Gasteiger partial charge in [0.2, 0.25) is 17.7 Å². The van der Waals surface area contributed by atoms with E-state index in [1.807, 2.05) is 6.07 Å². The van der Waals surface area contributed by atoms with Gasteiger partial charge in [0.25, 0.3) is 0 Å². The van der Waals surface area contributed by atoms with E-state index in [1.165, 1.54) is 5.56 Å². The molecule has 1 aromatic carbocycles. The molecule has 7 nitrogen and oxygen atoms in total. The second kappa shape index (κ2) is 8.61. The zero-order valence-electron chi connectivity index (χ0n) is 18.6. The average Bonchev–Trinajstić information content (AvgIpc) is 3.25. The van der Waals surface area contributed by atoms with Crippen molar-refractivity contribution in [3.05, 3.63) is 29.3 Å². The van der Waals surface area contributed by atoms with Crippen molar-refractivity contribution in [1.82, 2.24) is 10.2 Å². The molecular weight excluding hydrogens is 392 g/mol. The number of aryl methyl sites for hydroxylation is 1. The molecule has 4 rings (SSSR count). The lowest BCUT2D eigenvalue weighted by atomic mass is 9.78. The van der Waals surface area contributed by atoms with Crippen LogP contribution in [-0.2, 0) is 26.2 Å². The minimum absolute atomic E-state index is 0.123. The second-order valence-corrected chi connectivity index (χ2v) is 9.81. The molecule has 168 valence electrons. The minimum Gasteiger partial charge on any atom is -0.368 e. The fourth-order valence-corrected chi connectivity index (χ4v) is 5.39. The molecule has 3 amide bonds. The van der Waals surface area contributed by atoms with Crippen LogP contribution in [0.3, 0.4) is 0 Å². The number of anilines is 1. The van der Waals surface area contributed by atoms with Gasteiger partial charge in [-0.2, -0.15) is 0 Å². The van der Waals surface area contributed by atoms with E-state index in [0.29, 0.717) is 12.3 Å². The van der Waals surface area contributed by atoms with Crippen LogP contribution in [0.25, 0.3) is 0 Å². The highest BCUT2D eigenvalue weighted by Gasteiger charge is 2.57. The van der Waals surface area contributed by atoms with Crippen LogP contribution in [-0.4, -0.2) is 47.8 Å². The third-order valence-corrected chi connectivity index (χ3v) is 7.04. The molecule has 0 aliphatic carbocycles. The zero-order chi connectivity index (χ0) is 22.2. The van der Waals surface area contributed by atoms with Crippen LogP contribution >= 0.6 is 0 Å². The Balaban J connectivity index is 1.75. The highest BCUT2D eigenvalue weighted by atomic mass is 16.2. The Labute approximate surface area is 184 Å². The summed E-state index contributed by atoms with van der Waals surface area (Å²) in [6.45, 7) is 5.13. The summed E-state index contributed by atoms with van der Waals surface area (Å²) in [5, 5.41) is 6.42. The molecule has 31 heavy (non-hydrogen) atoms. The van der Waals surface area contributed by atoms with Gasteiger partial charge in [0.05, 0.1) is 11.5 Å². The lowest BCUT2D eigenvalue weighted by molar-refractivity contribution is -0.139. The standard InChI is InChI=1S/C24H34N4O3/c1-15(2)11-19-22(30)28-14-24(13-20(28)21(25)29)17-12-16(7-5-3-4-6-10-26-19)8-9-18(17)27-23(24)31/h8-9,12,15,19-20,26H,3-7,10-11,13-14H2,1-2H3,(H2,25,29)(H,27,31)/t19-,20-,24-/m0/s1. The van der Waals surface area contributed by atoms with Crippen LogP contribution in [0.2, 0.25) is 0 Å². The van der Waals surface area contributed by atoms with Gasteiger partial charge in [-0.25, -0.2) is 0 Å². The lowest BCUT2D eigenvalue weighted by Gasteiger charge is -2.29. The predicted octanol–water partition coefficient (Wildman–Crippen LogP) is 2.08. The number of hydrogen-bond donors (Lipinski definition) is 3. The van der Waals surface area contributed by atoms with E-state index in [9.17, 15) is 14.4 Å². The summed E-state index contributed by atoms with van der Waals surface area (Å²) in [5.74, 6) is -0.488. The summed E-state index contributed by atoms with van der Waals surface area (Å²) in [4.78, 5) is 40.8. The van der Waals surface area contributed by atoms with Crippen molar-refractivity contribution in [2.45, 2.75) is 76.3 Å². The van der Waals surface area contributed by atoms with Crippen LogP contribution in [0, 0.1) is 5.92 Å². The van der Waals surface area contributed by atoms with Crippen molar-refractivity contribution in [2.75, 3.05) is 18.4 Å². The van der Waals surface area contributed by atoms with Gasteiger partial charge in [0.1, 0.15) is 6.04 Å². The molecule has 1 spiro atoms. The van der Waals surface area contributed by atoms with Crippen molar-refractivity contribution in [3.8, 4) is 0 Å². The molecule has 4 bridgehead atoms. The van der Waals surface area contributed by atoms with Crippen LogP contribution < -0.4 is 16.4 Å². The van der Waals surface area contributed by atoms with Gasteiger partial charge in [0.15, 0.2) is 0 Å². The van der Waals surface area contributed by atoms with Crippen molar-refractivity contribution < 1.29 is 14.4 Å². The first kappa shape index (κ1) is 21.8. The largest absolute Gasteiger partial charge is 0.368 e. The summed E-state index contributed by atoms with van der Waals surface area (Å²) >= 11 is 0. The van der Waals surface area contributed by atoms with Crippen molar-refractivity contribution in [2.24, 2.45) is 11.7 Å². The molecule has 3 aliphatic heterocycles. The maximum Gasteiger partial charge on any atom is 0.240 e. The van der Waals surface area contributed by atoms with E-state index in [1.54, 1.807) is 4.90 Å². The number of fused-ring (bicyclic) bond motifs is 2. The van der Waals surface area contributed by atoms with Gasteiger partial charge in [-0.15, -0.1) is 0 Å². The number of hydrogen-bond acceptors (Lipinski definition) is 4. The Morgan fingerprint density at radius 1 is 1.23 bits per heavy atom. The number of nitrogens with one attached hydrogen (secondary N) is 2. The summed E-state index contributed by atoms with van der Waals surface area (Å²) in [7, 11) is 0. The number of rotatable bonds is 3. The highest BCUT2D eigenvalue weighted by Crippen LogP contribution is 2.47. The molecule has 3 aliphatic rings. The van der Waals surface area contributed by atoms with E-state index in [0.717, 1.165) is 49.9 Å². The fraction of sp³-hybridized carbons (Fsp3) is 0.625. The lowest BCUT2D eigenvalue weighted by Crippen LogP contribution is -2.52. The molecule has 1 fully saturated rings. The Morgan fingerprint density at radius 2 is 2.00 bits per heavy atom. The summed E-state index contributed by atoms with van der Waals surface area (Å²) in [5.41, 5.74) is 7.71. The Hall–Kier alpha value is -2.41. The monoisotopic (exact) mass is 426 g/mol. The fourth-order valence-electron chi connectivity index (χ4n) is 5.39. The van der Waals surface area contributed by atoms with E-state index in [4.69, 9.17) is 5.73 Å². The first-order valence-electron chi connectivity index (χ1n) is 11.6. The number of nitrogens with zero attached hydrogens (tertiary/aromatic N) is 1. The molecule has 1 saturated heterocycles. The maximum atomic E-state index is 13.6. The first-order valence-corrected chi connectivity index (χ1v) is 11.6. The molecule has 0 aromatic heterocycles. The molecule has 0 unspecified atom stereocenters. The van der Waals surface area contributed by atoms with E-state index in [2.05, 4.69) is 36.6 Å². The van der Waals surface area contributed by atoms with Crippen LogP contribution in [0.4, 0.5) is 5.69 Å². The Bertz CT molecular complexity index is 884. The van der Waals surface area contributed by atoms with Crippen LogP contribution in [0.1, 0.15) is 63.5 Å². The van der Waals surface area contributed by atoms with Crippen LogP contribution in [0.15, 0.2) is 18.2 Å². The molecule has 3 heterocycles. The highest BCUT2D eigenvalue weighted by molar-refractivity contribution is 6.08. The topological polar surface area (TPSA) is 105 Å². The van der Waals surface area contributed by atoms with Crippen LogP contribution in [0.5, 0.6) is 0 Å². The minimum atomic E-state index is -0.913. The van der Waals surface area contributed by atoms with Crippen molar-refractivity contribution in [3.63, 3.8) is 0 Å². The molecule has 4 N–H and O–H groups in total. The van der Waals surface area contributed by atoms with E-state index < -0.39 is 17.4 Å². The quantitative estimate of drug-likeness (QED) is 0.688. The van der Waals surface area contributed by atoms with Crippen molar-refractivity contribution in [1.29, 1.82) is 0 Å². The number of primary amides is 1. The average molecular weight is 427 g/mol. The number of carbonyl (C=O) groups excluding carboxylic acids is 3. The second-order valence-electron chi connectivity index (χ2n) is 9.81. The molecule has 3 atom stereocenters. The number of benzene rings is 1. The van der Waals surface area contributed by atoms with E-state index >= 15 is 0 Å². The van der Waals surface area contributed by atoms with Gasteiger partial charge in [-0.3, -0.25) is 14.4 Å². The van der Waals surface area contributed by atoms with Gasteiger partial charge in [-0.05, 0) is 61.8 Å². The molecule has 0 radical (unpaired) electrons. The zero-order valence-corrected chi connectivity index (χ0v) is 18.6. The third-order valence-electron chi connectivity index (χ3n) is 7.04. The van der Waals surface area contributed by atoms with Gasteiger partial charge < -0.3 is 21.3 Å². The summed E-state index contributed by atoms with van der Waals surface area (Å²) < 4.78 is 0. The third kappa shape index (κ3) is 4.07. The normalized spacial score (nSPS) is 28.9. The van der Waals surface area contributed by atoms with Gasteiger partial charge >= 0.3 is 0 Å². The molecule has 0 saturated carbocycles. The summed E-state index contributed by atoms with van der Waals surface area (Å²) in [6, 6.07) is 4.97. The smallest absolute Gasteiger partial charge is 0.240 e. The van der Waals surface area contributed by atoms with E-state index in [-0.39, 0.29) is 30.8 Å². The van der Waals surface area contributed by atoms with Crippen molar-refractivity contribution >= 4 is 23.4 Å². The molecule has 7 heteroatoms. The first-order chi connectivity index (χ1) is 14.8. The predicted molar refractivity (Wildman–Crippen MR) is 119 cm³/mol. The summed E-state index contributed by atoms with van der Waals surface area (Å²) in [6.07, 6.45) is 6.24. The van der Waals surface area contributed by atoms with Gasteiger partial charge in [0, 0.05) is 12.2 Å².